The maximum absolute atomic E-state index is 2.68. The van der Waals surface area contributed by atoms with E-state index in [4.69, 9.17) is 0 Å². The van der Waals surface area contributed by atoms with Crippen molar-refractivity contribution in [2.24, 2.45) is 10.8 Å². The Bertz CT molecular complexity index is 1070. The Kier molecular flexibility index (Phi) is 9.79. The molecule has 2 heteroatoms. The van der Waals surface area contributed by atoms with E-state index in [9.17, 15) is 0 Å². The highest BCUT2D eigenvalue weighted by atomic mass is 15.4. The van der Waals surface area contributed by atoms with E-state index < -0.39 is 0 Å². The number of benzene rings is 2. The molecule has 0 aliphatic carbocycles. The summed E-state index contributed by atoms with van der Waals surface area (Å²) >= 11 is 0. The molecule has 230 valence electrons. The zero-order valence-corrected chi connectivity index (χ0v) is 29.7. The van der Waals surface area contributed by atoms with E-state index >= 15 is 0 Å². The molecule has 0 atom stereocenters. The van der Waals surface area contributed by atoms with Gasteiger partial charge in [-0.2, -0.15) is 0 Å². The van der Waals surface area contributed by atoms with E-state index in [1.807, 2.05) is 0 Å². The number of rotatable bonds is 10. The minimum Gasteiger partial charge on any atom is -0.351 e. The average Bonchev–Trinajstić information content (AvgIpc) is 2.83. The lowest BCUT2D eigenvalue weighted by atomic mass is 9.70. The van der Waals surface area contributed by atoms with Gasteiger partial charge in [-0.25, -0.2) is 0 Å². The van der Waals surface area contributed by atoms with Gasteiger partial charge in [-0.1, -0.05) is 106 Å². The number of hydrogen-bond acceptors (Lipinski definition) is 2. The fourth-order valence-electron chi connectivity index (χ4n) is 8.00. The number of anilines is 2. The van der Waals surface area contributed by atoms with Crippen LogP contribution < -0.4 is 9.80 Å². The molecule has 1 heterocycles. The van der Waals surface area contributed by atoms with Crippen molar-refractivity contribution in [2.45, 2.75) is 153 Å². The molecule has 2 nitrogen and oxygen atoms in total. The third-order valence-electron chi connectivity index (χ3n) is 10.6. The SMILES string of the molecule is CCC(C)(C)CC(C)(C)c1cc(C)c(N2CCCN(c3c(C)cc(C(C)(C)CC(C)(C)CC)cc3C)C2C)c(C)c1. The first kappa shape index (κ1) is 33.5. The molecule has 0 radical (unpaired) electrons. The van der Waals surface area contributed by atoms with Gasteiger partial charge < -0.3 is 9.80 Å². The first-order valence-corrected chi connectivity index (χ1v) is 16.5. The van der Waals surface area contributed by atoms with Gasteiger partial charge in [0.05, 0.1) is 6.17 Å². The standard InChI is InChI=1S/C39H64N2/c1-16-36(8,9)25-38(12,13)32-21-27(3)34(28(4)22-32)40-19-18-20-41(31(40)7)35-29(5)23-33(24-30(35)6)39(14,15)26-37(10,11)17-2/h21-24,31H,16-20,25-26H2,1-15H3. The molecule has 1 saturated heterocycles. The molecule has 1 aliphatic heterocycles. The topological polar surface area (TPSA) is 6.48 Å². The van der Waals surface area contributed by atoms with E-state index in [1.54, 1.807) is 0 Å². The molecule has 0 spiro atoms. The van der Waals surface area contributed by atoms with Gasteiger partial charge in [-0.05, 0) is 109 Å². The summed E-state index contributed by atoms with van der Waals surface area (Å²) in [5.41, 5.74) is 12.5. The zero-order valence-electron chi connectivity index (χ0n) is 29.7. The second kappa shape index (κ2) is 12.0. The first-order valence-electron chi connectivity index (χ1n) is 16.5. The third-order valence-corrected chi connectivity index (χ3v) is 10.6. The van der Waals surface area contributed by atoms with Gasteiger partial charge in [-0.15, -0.1) is 0 Å². The predicted molar refractivity (Wildman–Crippen MR) is 184 cm³/mol. The molecule has 0 amide bonds. The number of nitrogens with zero attached hydrogens (tertiary/aromatic N) is 2. The molecule has 0 N–H and O–H groups in total. The summed E-state index contributed by atoms with van der Waals surface area (Å²) in [6.45, 7) is 38.0. The van der Waals surface area contributed by atoms with Gasteiger partial charge in [0.25, 0.3) is 0 Å². The fourth-order valence-corrected chi connectivity index (χ4v) is 8.00. The molecular formula is C39H64N2. The van der Waals surface area contributed by atoms with Crippen molar-refractivity contribution in [1.29, 1.82) is 0 Å². The smallest absolute Gasteiger partial charge is 0.0987 e. The molecular weight excluding hydrogens is 496 g/mol. The highest BCUT2D eigenvalue weighted by Crippen LogP contribution is 2.43. The Hall–Kier alpha value is -1.96. The normalized spacial score (nSPS) is 16.1. The molecule has 3 rings (SSSR count). The van der Waals surface area contributed by atoms with Gasteiger partial charge in [0.2, 0.25) is 0 Å². The largest absolute Gasteiger partial charge is 0.351 e. The van der Waals surface area contributed by atoms with Crippen LogP contribution in [-0.4, -0.2) is 19.3 Å². The summed E-state index contributed by atoms with van der Waals surface area (Å²) in [6.07, 6.45) is 6.31. The number of aryl methyl sites for hydroxylation is 4. The van der Waals surface area contributed by atoms with Crippen LogP contribution in [0.15, 0.2) is 24.3 Å². The Balaban J connectivity index is 1.95. The van der Waals surface area contributed by atoms with Crippen molar-refractivity contribution < 1.29 is 0 Å². The van der Waals surface area contributed by atoms with E-state index in [0.29, 0.717) is 17.0 Å². The van der Waals surface area contributed by atoms with Crippen LogP contribution in [0.4, 0.5) is 11.4 Å². The Morgan fingerprint density at radius 2 is 0.878 bits per heavy atom. The molecule has 1 fully saturated rings. The van der Waals surface area contributed by atoms with Gasteiger partial charge in [0.15, 0.2) is 0 Å². The summed E-state index contributed by atoms with van der Waals surface area (Å²) in [5.74, 6) is 0. The summed E-state index contributed by atoms with van der Waals surface area (Å²) in [6, 6.07) is 9.96. The maximum atomic E-state index is 2.68. The van der Waals surface area contributed by atoms with Gasteiger partial charge >= 0.3 is 0 Å². The summed E-state index contributed by atoms with van der Waals surface area (Å²) in [4.78, 5) is 5.36. The Morgan fingerprint density at radius 3 is 1.15 bits per heavy atom. The third kappa shape index (κ3) is 7.34. The molecule has 0 bridgehead atoms. The van der Waals surface area contributed by atoms with Crippen LogP contribution in [-0.2, 0) is 10.8 Å². The van der Waals surface area contributed by atoms with E-state index in [0.717, 1.165) is 13.1 Å². The second-order valence-electron chi connectivity index (χ2n) is 16.4. The number of hydrogen-bond donors (Lipinski definition) is 0. The molecule has 0 aromatic heterocycles. The minimum absolute atomic E-state index is 0.156. The van der Waals surface area contributed by atoms with Crippen molar-refractivity contribution in [3.63, 3.8) is 0 Å². The van der Waals surface area contributed by atoms with Gasteiger partial charge in [0, 0.05) is 24.5 Å². The van der Waals surface area contributed by atoms with Crippen molar-refractivity contribution in [1.82, 2.24) is 0 Å². The van der Waals surface area contributed by atoms with Gasteiger partial charge in [-0.3, -0.25) is 0 Å². The molecule has 0 unspecified atom stereocenters. The highest BCUT2D eigenvalue weighted by molar-refractivity contribution is 5.67. The predicted octanol–water partition coefficient (Wildman–Crippen LogP) is 11.2. The van der Waals surface area contributed by atoms with Crippen LogP contribution >= 0.6 is 0 Å². The zero-order chi connectivity index (χ0) is 31.1. The van der Waals surface area contributed by atoms with Crippen LogP contribution in [0.1, 0.15) is 142 Å². The quantitative estimate of drug-likeness (QED) is 0.285. The van der Waals surface area contributed by atoms with Crippen molar-refractivity contribution in [2.75, 3.05) is 22.9 Å². The highest BCUT2D eigenvalue weighted by Gasteiger charge is 2.34. The molecule has 41 heavy (non-hydrogen) atoms. The molecule has 2 aromatic rings. The van der Waals surface area contributed by atoms with E-state index in [1.165, 1.54) is 76.9 Å². The summed E-state index contributed by atoms with van der Waals surface area (Å²) < 4.78 is 0. The Morgan fingerprint density at radius 1 is 0.585 bits per heavy atom. The van der Waals surface area contributed by atoms with Crippen molar-refractivity contribution in [3.05, 3.63) is 57.6 Å². The molecule has 0 saturated carbocycles. The average molecular weight is 561 g/mol. The minimum atomic E-state index is 0.156. The lowest BCUT2D eigenvalue weighted by molar-refractivity contribution is 0.248. The lowest BCUT2D eigenvalue weighted by Crippen LogP contribution is -2.53. The van der Waals surface area contributed by atoms with Crippen molar-refractivity contribution >= 4 is 11.4 Å². The van der Waals surface area contributed by atoms with Crippen molar-refractivity contribution in [3.8, 4) is 0 Å². The Labute approximate surface area is 255 Å². The summed E-state index contributed by atoms with van der Waals surface area (Å²) in [5, 5.41) is 0. The van der Waals surface area contributed by atoms with Crippen LogP contribution in [0.3, 0.4) is 0 Å². The maximum Gasteiger partial charge on any atom is 0.0987 e. The lowest BCUT2D eigenvalue weighted by Gasteiger charge is -2.47. The fraction of sp³-hybridized carbons (Fsp3) is 0.692. The van der Waals surface area contributed by atoms with E-state index in [2.05, 4.69) is 138 Å². The molecule has 2 aromatic carbocycles. The summed E-state index contributed by atoms with van der Waals surface area (Å²) in [7, 11) is 0. The van der Waals surface area contributed by atoms with Crippen LogP contribution in [0.2, 0.25) is 0 Å². The molecule has 1 aliphatic rings. The van der Waals surface area contributed by atoms with Crippen LogP contribution in [0.25, 0.3) is 0 Å². The van der Waals surface area contributed by atoms with Crippen LogP contribution in [0.5, 0.6) is 0 Å². The second-order valence-corrected chi connectivity index (χ2v) is 16.4. The van der Waals surface area contributed by atoms with Gasteiger partial charge in [0.1, 0.15) is 0 Å². The van der Waals surface area contributed by atoms with E-state index in [-0.39, 0.29) is 10.8 Å². The first-order chi connectivity index (χ1) is 18.7. The van der Waals surface area contributed by atoms with Crippen LogP contribution in [0, 0.1) is 38.5 Å². The monoisotopic (exact) mass is 561 g/mol.